The Morgan fingerprint density at radius 2 is 1.86 bits per heavy atom. The van der Waals surface area contributed by atoms with Gasteiger partial charge in [0.25, 0.3) is 5.91 Å². The van der Waals surface area contributed by atoms with Gasteiger partial charge in [0.2, 0.25) is 0 Å². The maximum absolute atomic E-state index is 13.6. The highest BCUT2D eigenvalue weighted by Crippen LogP contribution is 2.15. The van der Waals surface area contributed by atoms with E-state index in [0.29, 0.717) is 24.2 Å². The summed E-state index contributed by atoms with van der Waals surface area (Å²) in [6.07, 6.45) is 0. The lowest BCUT2D eigenvalue weighted by Gasteiger charge is -2.07. The molecule has 2 rings (SSSR count). The summed E-state index contributed by atoms with van der Waals surface area (Å²) in [5.41, 5.74) is 2.29. The number of nitrogens with one attached hydrogen (secondary N) is 2. The summed E-state index contributed by atoms with van der Waals surface area (Å²) in [7, 11) is 1.60. The van der Waals surface area contributed by atoms with Gasteiger partial charge >= 0.3 is 0 Å². The van der Waals surface area contributed by atoms with E-state index in [9.17, 15) is 9.18 Å². The molecule has 0 atom stereocenters. The molecule has 2 aromatic carbocycles. The third-order valence-corrected chi connectivity index (χ3v) is 3.60. The predicted octanol–water partition coefficient (Wildman–Crippen LogP) is 3.24. The molecule has 3 nitrogen and oxygen atoms in total. The Balaban J connectivity index is 1.90. The first-order valence-electron chi connectivity index (χ1n) is 6.56. The number of carbonyl (C=O) groups is 1. The topological polar surface area (TPSA) is 41.1 Å². The number of carbonyl (C=O) groups excluding carboxylic acids is 1. The molecule has 0 saturated carbocycles. The second kappa shape index (κ2) is 7.33. The first-order chi connectivity index (χ1) is 10.1. The van der Waals surface area contributed by atoms with Crippen molar-refractivity contribution >= 4 is 21.8 Å². The maximum Gasteiger partial charge on any atom is 0.251 e. The first-order valence-corrected chi connectivity index (χ1v) is 7.35. The molecule has 21 heavy (non-hydrogen) atoms. The van der Waals surface area contributed by atoms with Gasteiger partial charge < -0.3 is 10.6 Å². The summed E-state index contributed by atoms with van der Waals surface area (Å²) in [5, 5.41) is 5.76. The van der Waals surface area contributed by atoms with Gasteiger partial charge in [0.05, 0.1) is 0 Å². The van der Waals surface area contributed by atoms with Crippen molar-refractivity contribution in [2.45, 2.75) is 13.1 Å². The Hall–Kier alpha value is -1.72. The van der Waals surface area contributed by atoms with Gasteiger partial charge in [0.1, 0.15) is 5.82 Å². The lowest BCUT2D eigenvalue weighted by atomic mass is 10.1. The van der Waals surface area contributed by atoms with Gasteiger partial charge in [-0.05, 0) is 29.8 Å². The zero-order valence-electron chi connectivity index (χ0n) is 11.6. The van der Waals surface area contributed by atoms with Crippen LogP contribution < -0.4 is 10.6 Å². The van der Waals surface area contributed by atoms with Gasteiger partial charge in [-0.25, -0.2) is 4.39 Å². The minimum atomic E-state index is -0.230. The Morgan fingerprint density at radius 3 is 2.48 bits per heavy atom. The quantitative estimate of drug-likeness (QED) is 0.868. The highest BCUT2D eigenvalue weighted by atomic mass is 79.9. The minimum Gasteiger partial charge on any atom is -0.355 e. The number of amides is 1. The summed E-state index contributed by atoms with van der Waals surface area (Å²) < 4.78 is 14.4. The second-order valence-corrected chi connectivity index (χ2v) is 5.53. The number of benzene rings is 2. The van der Waals surface area contributed by atoms with Crippen LogP contribution in [0.15, 0.2) is 46.9 Å². The Morgan fingerprint density at radius 1 is 1.14 bits per heavy atom. The molecule has 0 spiro atoms. The van der Waals surface area contributed by atoms with Crippen LogP contribution in [0, 0.1) is 5.82 Å². The molecule has 0 aromatic heterocycles. The third kappa shape index (κ3) is 4.37. The van der Waals surface area contributed by atoms with E-state index in [2.05, 4.69) is 26.6 Å². The van der Waals surface area contributed by atoms with Crippen LogP contribution in [0.5, 0.6) is 0 Å². The number of halogens is 2. The van der Waals surface area contributed by atoms with E-state index in [4.69, 9.17) is 0 Å². The second-order valence-electron chi connectivity index (χ2n) is 4.62. The van der Waals surface area contributed by atoms with Crippen molar-refractivity contribution < 1.29 is 9.18 Å². The number of hydrogen-bond donors (Lipinski definition) is 2. The molecule has 0 saturated heterocycles. The molecule has 1 amide bonds. The molecule has 0 aliphatic rings. The summed E-state index contributed by atoms with van der Waals surface area (Å²) in [5.74, 6) is -0.335. The van der Waals surface area contributed by atoms with Crippen LogP contribution in [0.2, 0.25) is 0 Å². The molecule has 0 aliphatic carbocycles. The van der Waals surface area contributed by atoms with Crippen molar-refractivity contribution in [2.24, 2.45) is 0 Å². The average Bonchev–Trinajstić information content (AvgIpc) is 2.49. The molecule has 0 bridgehead atoms. The smallest absolute Gasteiger partial charge is 0.251 e. The van der Waals surface area contributed by atoms with Gasteiger partial charge in [-0.3, -0.25) is 4.79 Å². The molecule has 0 heterocycles. The van der Waals surface area contributed by atoms with Crippen molar-refractivity contribution in [3.8, 4) is 0 Å². The van der Waals surface area contributed by atoms with E-state index in [0.717, 1.165) is 10.0 Å². The van der Waals surface area contributed by atoms with E-state index < -0.39 is 0 Å². The van der Waals surface area contributed by atoms with E-state index in [-0.39, 0.29) is 11.7 Å². The van der Waals surface area contributed by atoms with Crippen molar-refractivity contribution in [1.29, 1.82) is 0 Å². The van der Waals surface area contributed by atoms with Crippen LogP contribution in [0.1, 0.15) is 21.5 Å². The van der Waals surface area contributed by atoms with Crippen molar-refractivity contribution in [2.75, 3.05) is 7.05 Å². The van der Waals surface area contributed by atoms with Crippen LogP contribution in [0.25, 0.3) is 0 Å². The average molecular weight is 351 g/mol. The standard InChI is InChI=1S/C16H16BrFN2O/c1-19-16(21)12-4-2-11(3-5-12)9-20-10-13-6-7-14(17)8-15(13)18/h2-8,20H,9-10H2,1H3,(H,19,21). The van der Waals surface area contributed by atoms with Crippen LogP contribution >= 0.6 is 15.9 Å². The third-order valence-electron chi connectivity index (χ3n) is 3.10. The molecule has 0 aliphatic heterocycles. The summed E-state index contributed by atoms with van der Waals surface area (Å²) in [6, 6.07) is 12.3. The SMILES string of the molecule is CNC(=O)c1ccc(CNCc2ccc(Br)cc2F)cc1. The molecule has 2 N–H and O–H groups in total. The summed E-state index contributed by atoms with van der Waals surface area (Å²) in [6.45, 7) is 1.07. The van der Waals surface area contributed by atoms with Gasteiger partial charge in [-0.15, -0.1) is 0 Å². The lowest BCUT2D eigenvalue weighted by molar-refractivity contribution is 0.0963. The Labute approximate surface area is 131 Å². The molecule has 0 unspecified atom stereocenters. The molecule has 0 fully saturated rings. The Bertz CT molecular complexity index is 629. The summed E-state index contributed by atoms with van der Waals surface area (Å²) >= 11 is 3.23. The fourth-order valence-electron chi connectivity index (χ4n) is 1.92. The van der Waals surface area contributed by atoms with Crippen molar-refractivity contribution in [3.05, 3.63) is 69.4 Å². The monoisotopic (exact) mass is 350 g/mol. The van der Waals surface area contributed by atoms with Crippen LogP contribution in [0.4, 0.5) is 4.39 Å². The number of hydrogen-bond acceptors (Lipinski definition) is 2. The van der Waals surface area contributed by atoms with Crippen molar-refractivity contribution in [1.82, 2.24) is 10.6 Å². The highest BCUT2D eigenvalue weighted by molar-refractivity contribution is 9.10. The fourth-order valence-corrected chi connectivity index (χ4v) is 2.26. The molecular weight excluding hydrogens is 335 g/mol. The summed E-state index contributed by atoms with van der Waals surface area (Å²) in [4.78, 5) is 11.4. The Kier molecular flexibility index (Phi) is 5.47. The zero-order valence-corrected chi connectivity index (χ0v) is 13.2. The molecule has 0 radical (unpaired) electrons. The van der Waals surface area contributed by atoms with Gasteiger partial charge in [-0.1, -0.05) is 34.1 Å². The minimum absolute atomic E-state index is 0.105. The van der Waals surface area contributed by atoms with Crippen LogP contribution in [-0.4, -0.2) is 13.0 Å². The van der Waals surface area contributed by atoms with Crippen molar-refractivity contribution in [3.63, 3.8) is 0 Å². The van der Waals surface area contributed by atoms with E-state index in [1.807, 2.05) is 18.2 Å². The predicted molar refractivity (Wildman–Crippen MR) is 84.5 cm³/mol. The van der Waals surface area contributed by atoms with E-state index in [1.165, 1.54) is 6.07 Å². The van der Waals surface area contributed by atoms with Gasteiger partial charge in [-0.2, -0.15) is 0 Å². The molecule has 5 heteroatoms. The normalized spacial score (nSPS) is 10.4. The number of rotatable bonds is 5. The van der Waals surface area contributed by atoms with E-state index >= 15 is 0 Å². The van der Waals surface area contributed by atoms with E-state index in [1.54, 1.807) is 25.2 Å². The fraction of sp³-hybridized carbons (Fsp3) is 0.188. The van der Waals surface area contributed by atoms with Crippen LogP contribution in [0.3, 0.4) is 0 Å². The maximum atomic E-state index is 13.6. The zero-order chi connectivity index (χ0) is 15.2. The van der Waals surface area contributed by atoms with Gasteiger partial charge in [0.15, 0.2) is 0 Å². The largest absolute Gasteiger partial charge is 0.355 e. The van der Waals surface area contributed by atoms with Crippen LogP contribution in [-0.2, 0) is 13.1 Å². The molecular formula is C16H16BrFN2O. The lowest BCUT2D eigenvalue weighted by Crippen LogP contribution is -2.18. The first kappa shape index (κ1) is 15.7. The molecule has 2 aromatic rings. The molecule has 110 valence electrons. The highest BCUT2D eigenvalue weighted by Gasteiger charge is 2.04. The van der Waals surface area contributed by atoms with Gasteiger partial charge in [0, 0.05) is 35.7 Å².